The van der Waals surface area contributed by atoms with Crippen LogP contribution in [0, 0.1) is 6.92 Å². The van der Waals surface area contributed by atoms with Crippen LogP contribution in [0.4, 0.5) is 11.4 Å². The molecule has 2 rings (SSSR count). The number of hydrogen-bond acceptors (Lipinski definition) is 4. The molecule has 0 fully saturated rings. The van der Waals surface area contributed by atoms with Crippen molar-refractivity contribution in [1.82, 2.24) is 10.9 Å². The molecule has 0 heterocycles. The van der Waals surface area contributed by atoms with Gasteiger partial charge < -0.3 is 15.4 Å². The third-order valence-electron chi connectivity index (χ3n) is 3.17. The maximum absolute atomic E-state index is 11.8. The summed E-state index contributed by atoms with van der Waals surface area (Å²) in [4.78, 5) is 22.7. The third kappa shape index (κ3) is 6.78. The van der Waals surface area contributed by atoms with E-state index in [0.717, 1.165) is 11.3 Å². The Labute approximate surface area is 157 Å². The second-order valence-corrected chi connectivity index (χ2v) is 5.90. The number of hydrogen-bond donors (Lipinski definition) is 4. The minimum Gasteiger partial charge on any atom is -0.484 e. The van der Waals surface area contributed by atoms with Gasteiger partial charge in [0.15, 0.2) is 11.7 Å². The van der Waals surface area contributed by atoms with Gasteiger partial charge in [0.05, 0.1) is 0 Å². The molecule has 2 aromatic carbocycles. The lowest BCUT2D eigenvalue weighted by Crippen LogP contribution is -2.45. The predicted molar refractivity (Wildman–Crippen MR) is 105 cm³/mol. The third-order valence-corrected chi connectivity index (χ3v) is 3.37. The summed E-state index contributed by atoms with van der Waals surface area (Å²) in [7, 11) is 0. The fourth-order valence-electron chi connectivity index (χ4n) is 1.95. The largest absolute Gasteiger partial charge is 0.484 e. The Balaban J connectivity index is 1.70. The number of hydrazine groups is 1. The smallest absolute Gasteiger partial charge is 0.276 e. The van der Waals surface area contributed by atoms with Crippen LogP contribution in [0.1, 0.15) is 12.5 Å². The van der Waals surface area contributed by atoms with Crippen molar-refractivity contribution in [3.8, 4) is 5.75 Å². The van der Waals surface area contributed by atoms with Gasteiger partial charge in [0.2, 0.25) is 5.91 Å². The number of rotatable bonds is 5. The molecule has 0 saturated heterocycles. The molecule has 8 heteroatoms. The van der Waals surface area contributed by atoms with E-state index in [1.165, 1.54) is 6.92 Å². The molecular formula is C18H20N4O3S. The monoisotopic (exact) mass is 372 g/mol. The quantitative estimate of drug-likeness (QED) is 0.476. The lowest BCUT2D eigenvalue weighted by Gasteiger charge is -2.12. The van der Waals surface area contributed by atoms with Gasteiger partial charge in [0.25, 0.3) is 5.91 Å². The highest BCUT2D eigenvalue weighted by Gasteiger charge is 2.04. The molecule has 0 bridgehead atoms. The van der Waals surface area contributed by atoms with E-state index in [4.69, 9.17) is 17.0 Å². The predicted octanol–water partition coefficient (Wildman–Crippen LogP) is 2.35. The number of thiocarbonyl (C=S) groups is 1. The van der Waals surface area contributed by atoms with Gasteiger partial charge >= 0.3 is 0 Å². The summed E-state index contributed by atoms with van der Waals surface area (Å²) >= 11 is 5.10. The normalized spacial score (nSPS) is 9.77. The Hall–Kier alpha value is -3.13. The van der Waals surface area contributed by atoms with E-state index in [1.54, 1.807) is 24.3 Å². The molecular weight excluding hydrogens is 352 g/mol. The van der Waals surface area contributed by atoms with Crippen LogP contribution in [0.2, 0.25) is 0 Å². The highest BCUT2D eigenvalue weighted by Crippen LogP contribution is 2.15. The van der Waals surface area contributed by atoms with Crippen molar-refractivity contribution in [1.29, 1.82) is 0 Å². The molecule has 136 valence electrons. The topological polar surface area (TPSA) is 91.5 Å². The van der Waals surface area contributed by atoms with Crippen LogP contribution < -0.4 is 26.2 Å². The van der Waals surface area contributed by atoms with Crippen LogP contribution in [0.5, 0.6) is 5.75 Å². The average Bonchev–Trinajstić information content (AvgIpc) is 2.61. The second kappa shape index (κ2) is 9.38. The van der Waals surface area contributed by atoms with Crippen molar-refractivity contribution >= 4 is 40.5 Å². The summed E-state index contributed by atoms with van der Waals surface area (Å²) in [5.74, 6) is -0.0297. The fraction of sp³-hybridized carbons (Fsp3) is 0.167. The van der Waals surface area contributed by atoms with Gasteiger partial charge in [-0.15, -0.1) is 0 Å². The van der Waals surface area contributed by atoms with E-state index in [2.05, 4.69) is 21.5 Å². The van der Waals surface area contributed by atoms with Crippen LogP contribution >= 0.6 is 12.2 Å². The lowest BCUT2D eigenvalue weighted by atomic mass is 10.2. The molecule has 0 aliphatic heterocycles. The van der Waals surface area contributed by atoms with Crippen LogP contribution in [-0.2, 0) is 9.59 Å². The van der Waals surface area contributed by atoms with Crippen molar-refractivity contribution in [3.05, 3.63) is 54.1 Å². The molecule has 0 aromatic heterocycles. The molecule has 0 unspecified atom stereocenters. The number of nitrogens with one attached hydrogen (secondary N) is 4. The van der Waals surface area contributed by atoms with Gasteiger partial charge in [-0.1, -0.05) is 17.7 Å². The van der Waals surface area contributed by atoms with Gasteiger partial charge in [-0.05, 0) is 55.5 Å². The van der Waals surface area contributed by atoms with Gasteiger partial charge in [0, 0.05) is 18.3 Å². The van der Waals surface area contributed by atoms with Crippen LogP contribution in [0.3, 0.4) is 0 Å². The van der Waals surface area contributed by atoms with Gasteiger partial charge in [-0.3, -0.25) is 20.4 Å². The molecule has 0 radical (unpaired) electrons. The van der Waals surface area contributed by atoms with Crippen molar-refractivity contribution in [2.75, 3.05) is 17.2 Å². The first kappa shape index (κ1) is 19.2. The number of ether oxygens (including phenoxy) is 1. The number of carbonyl (C=O) groups is 2. The summed E-state index contributed by atoms with van der Waals surface area (Å²) < 4.78 is 5.36. The first-order valence-electron chi connectivity index (χ1n) is 7.85. The molecule has 0 aliphatic carbocycles. The highest BCUT2D eigenvalue weighted by atomic mass is 32.1. The van der Waals surface area contributed by atoms with E-state index in [9.17, 15) is 9.59 Å². The SMILES string of the molecule is CC(=O)Nc1ccc(OCC(=O)NNC(=S)Nc2ccc(C)cc2)cc1. The summed E-state index contributed by atoms with van der Waals surface area (Å²) in [6.07, 6.45) is 0. The second-order valence-electron chi connectivity index (χ2n) is 5.49. The molecule has 0 spiro atoms. The van der Waals surface area contributed by atoms with E-state index < -0.39 is 0 Å². The molecule has 2 amide bonds. The molecule has 0 atom stereocenters. The Morgan fingerprint density at radius 2 is 1.50 bits per heavy atom. The summed E-state index contributed by atoms with van der Waals surface area (Å²) in [5.41, 5.74) is 7.67. The zero-order chi connectivity index (χ0) is 18.9. The van der Waals surface area contributed by atoms with Crippen molar-refractivity contribution in [3.63, 3.8) is 0 Å². The minimum atomic E-state index is -0.385. The first-order chi connectivity index (χ1) is 12.4. The Morgan fingerprint density at radius 1 is 0.923 bits per heavy atom. The van der Waals surface area contributed by atoms with E-state index in [-0.39, 0.29) is 23.5 Å². The Bertz CT molecular complexity index is 776. The summed E-state index contributed by atoms with van der Waals surface area (Å²) in [5, 5.41) is 5.86. The van der Waals surface area contributed by atoms with E-state index in [1.807, 2.05) is 31.2 Å². The van der Waals surface area contributed by atoms with E-state index in [0.29, 0.717) is 11.4 Å². The highest BCUT2D eigenvalue weighted by molar-refractivity contribution is 7.80. The molecule has 26 heavy (non-hydrogen) atoms. The van der Waals surface area contributed by atoms with Gasteiger partial charge in [-0.2, -0.15) is 0 Å². The zero-order valence-corrected chi connectivity index (χ0v) is 15.3. The minimum absolute atomic E-state index is 0.153. The summed E-state index contributed by atoms with van der Waals surface area (Å²) in [6, 6.07) is 14.4. The Kier molecular flexibility index (Phi) is 6.92. The van der Waals surface area contributed by atoms with Crippen LogP contribution in [0.15, 0.2) is 48.5 Å². The molecule has 7 nitrogen and oxygen atoms in total. The number of aryl methyl sites for hydroxylation is 1. The molecule has 4 N–H and O–H groups in total. The molecule has 0 aliphatic rings. The Morgan fingerprint density at radius 3 is 2.12 bits per heavy atom. The first-order valence-corrected chi connectivity index (χ1v) is 8.26. The number of amides is 2. The van der Waals surface area contributed by atoms with Gasteiger partial charge in [-0.25, -0.2) is 0 Å². The maximum atomic E-state index is 11.8. The number of anilines is 2. The number of benzene rings is 2. The van der Waals surface area contributed by atoms with Crippen molar-refractivity contribution in [2.24, 2.45) is 0 Å². The van der Waals surface area contributed by atoms with E-state index >= 15 is 0 Å². The standard InChI is InChI=1S/C18H20N4O3S/c1-12-3-5-15(6-4-12)20-18(26)22-21-17(24)11-25-16-9-7-14(8-10-16)19-13(2)23/h3-10H,11H2,1-2H3,(H,19,23)(H,21,24)(H2,20,22,26). The van der Waals surface area contributed by atoms with Crippen LogP contribution in [0.25, 0.3) is 0 Å². The van der Waals surface area contributed by atoms with Crippen molar-refractivity contribution < 1.29 is 14.3 Å². The average molecular weight is 372 g/mol. The van der Waals surface area contributed by atoms with Crippen molar-refractivity contribution in [2.45, 2.75) is 13.8 Å². The number of carbonyl (C=O) groups excluding carboxylic acids is 2. The molecule has 0 saturated carbocycles. The lowest BCUT2D eigenvalue weighted by molar-refractivity contribution is -0.123. The fourth-order valence-corrected chi connectivity index (χ4v) is 2.12. The molecule has 2 aromatic rings. The zero-order valence-electron chi connectivity index (χ0n) is 14.5. The van der Waals surface area contributed by atoms with Crippen LogP contribution in [-0.4, -0.2) is 23.5 Å². The van der Waals surface area contributed by atoms with Gasteiger partial charge in [0.1, 0.15) is 5.75 Å². The summed E-state index contributed by atoms with van der Waals surface area (Å²) in [6.45, 7) is 3.24. The maximum Gasteiger partial charge on any atom is 0.276 e.